The fourth-order valence-electron chi connectivity index (χ4n) is 0.988. The lowest BCUT2D eigenvalue weighted by molar-refractivity contribution is -0.145. The van der Waals surface area contributed by atoms with E-state index in [4.69, 9.17) is 5.11 Å². The minimum Gasteiger partial charge on any atom is -0.377 e. The molecular formula is C8H8O4. The molecule has 1 aliphatic carbocycles. The molecule has 64 valence electrons. The quantitative estimate of drug-likeness (QED) is 0.387. The van der Waals surface area contributed by atoms with Crippen LogP contribution < -0.4 is 0 Å². The molecule has 0 saturated carbocycles. The molecule has 0 spiro atoms. The Balaban J connectivity index is 3.27. The van der Waals surface area contributed by atoms with E-state index in [1.807, 2.05) is 0 Å². The highest BCUT2D eigenvalue weighted by Gasteiger charge is 2.37. The van der Waals surface area contributed by atoms with E-state index < -0.39 is 23.5 Å². The Morgan fingerprint density at radius 1 is 1.00 bits per heavy atom. The van der Waals surface area contributed by atoms with Gasteiger partial charge in [0, 0.05) is 11.1 Å². The lowest BCUT2D eigenvalue weighted by atomic mass is 9.88. The molecule has 0 fully saturated rings. The van der Waals surface area contributed by atoms with E-state index in [1.165, 1.54) is 13.8 Å². The summed E-state index contributed by atoms with van der Waals surface area (Å²) < 4.78 is 0. The molecule has 0 radical (unpaired) electrons. The Labute approximate surface area is 68.9 Å². The van der Waals surface area contributed by atoms with E-state index >= 15 is 0 Å². The monoisotopic (exact) mass is 168 g/mol. The number of ketones is 3. The maximum Gasteiger partial charge on any atom is 0.239 e. The van der Waals surface area contributed by atoms with Crippen LogP contribution in [0.15, 0.2) is 11.1 Å². The molecule has 0 bridgehead atoms. The highest BCUT2D eigenvalue weighted by atomic mass is 16.3. The molecule has 1 unspecified atom stereocenters. The molecule has 0 aromatic carbocycles. The normalized spacial score (nSPS) is 25.2. The Bertz CT molecular complexity index is 311. The van der Waals surface area contributed by atoms with Crippen LogP contribution in [0.3, 0.4) is 0 Å². The lowest BCUT2D eigenvalue weighted by Crippen LogP contribution is -2.41. The van der Waals surface area contributed by atoms with E-state index in [2.05, 4.69) is 0 Å². The van der Waals surface area contributed by atoms with Gasteiger partial charge < -0.3 is 5.11 Å². The molecule has 0 aliphatic heterocycles. The van der Waals surface area contributed by atoms with E-state index in [-0.39, 0.29) is 11.1 Å². The van der Waals surface area contributed by atoms with Gasteiger partial charge in [0.05, 0.1) is 0 Å². The second-order valence-electron chi connectivity index (χ2n) is 2.71. The van der Waals surface area contributed by atoms with Crippen molar-refractivity contribution in [1.29, 1.82) is 0 Å². The molecule has 1 N–H and O–H groups in total. The summed E-state index contributed by atoms with van der Waals surface area (Å²) in [5.41, 5.74) is 0.308. The number of hydrogen-bond donors (Lipinski definition) is 1. The molecular weight excluding hydrogens is 160 g/mol. The molecule has 12 heavy (non-hydrogen) atoms. The van der Waals surface area contributed by atoms with Gasteiger partial charge in [0.2, 0.25) is 11.6 Å². The SMILES string of the molecule is CC1=C(C)C(=O)C(O)C(=O)C1=O. The smallest absolute Gasteiger partial charge is 0.239 e. The maximum atomic E-state index is 11.0. The number of carbonyl (C=O) groups excluding carboxylic acids is 3. The summed E-state index contributed by atoms with van der Waals surface area (Å²) in [5.74, 6) is -2.46. The number of aliphatic hydroxyl groups is 1. The van der Waals surface area contributed by atoms with Crippen molar-refractivity contribution in [3.05, 3.63) is 11.1 Å². The molecule has 1 aliphatic rings. The third-order valence-corrected chi connectivity index (χ3v) is 1.99. The van der Waals surface area contributed by atoms with Crippen molar-refractivity contribution in [3.8, 4) is 0 Å². The Morgan fingerprint density at radius 2 is 1.50 bits per heavy atom. The van der Waals surface area contributed by atoms with Crippen molar-refractivity contribution in [2.24, 2.45) is 0 Å². The summed E-state index contributed by atoms with van der Waals surface area (Å²) in [6, 6.07) is 0. The standard InChI is InChI=1S/C8H8O4/c1-3-4(2)6(10)8(12)7(11)5(3)9/h7,11H,1-2H3. The summed E-state index contributed by atoms with van der Waals surface area (Å²) in [7, 11) is 0. The van der Waals surface area contributed by atoms with Gasteiger partial charge in [-0.1, -0.05) is 0 Å². The Hall–Kier alpha value is -1.29. The van der Waals surface area contributed by atoms with Crippen molar-refractivity contribution in [1.82, 2.24) is 0 Å². The van der Waals surface area contributed by atoms with Crippen LogP contribution in [0.2, 0.25) is 0 Å². The van der Waals surface area contributed by atoms with Gasteiger partial charge in [-0.15, -0.1) is 0 Å². The molecule has 4 nitrogen and oxygen atoms in total. The fraction of sp³-hybridized carbons (Fsp3) is 0.375. The Morgan fingerprint density at radius 3 is 2.00 bits per heavy atom. The van der Waals surface area contributed by atoms with E-state index in [0.29, 0.717) is 0 Å². The predicted molar refractivity (Wildman–Crippen MR) is 39.4 cm³/mol. The molecule has 0 heterocycles. The number of carbonyl (C=O) groups is 3. The summed E-state index contributed by atoms with van der Waals surface area (Å²) in [6.07, 6.45) is -1.78. The molecule has 0 amide bonds. The molecule has 1 rings (SSSR count). The molecule has 0 aromatic rings. The predicted octanol–water partition coefficient (Wildman–Crippen LogP) is -0.595. The summed E-state index contributed by atoms with van der Waals surface area (Å²) in [6.45, 7) is 2.82. The lowest BCUT2D eigenvalue weighted by Gasteiger charge is -2.15. The fourth-order valence-corrected chi connectivity index (χ4v) is 0.988. The summed E-state index contributed by atoms with van der Waals surface area (Å²) in [5, 5.41) is 8.95. The van der Waals surface area contributed by atoms with Gasteiger partial charge in [-0.25, -0.2) is 0 Å². The first kappa shape index (κ1) is 8.80. The van der Waals surface area contributed by atoms with Gasteiger partial charge in [0.1, 0.15) is 0 Å². The molecule has 1 atom stereocenters. The first-order valence-corrected chi connectivity index (χ1v) is 3.45. The molecule has 0 aromatic heterocycles. The van der Waals surface area contributed by atoms with Crippen molar-refractivity contribution in [2.45, 2.75) is 20.0 Å². The molecule has 0 saturated heterocycles. The second kappa shape index (κ2) is 2.64. The largest absolute Gasteiger partial charge is 0.377 e. The number of hydrogen-bond acceptors (Lipinski definition) is 4. The number of allylic oxidation sites excluding steroid dienone is 1. The van der Waals surface area contributed by atoms with E-state index in [9.17, 15) is 14.4 Å². The van der Waals surface area contributed by atoms with Crippen LogP contribution in [0.5, 0.6) is 0 Å². The third-order valence-electron chi connectivity index (χ3n) is 1.99. The van der Waals surface area contributed by atoms with E-state index in [1.54, 1.807) is 0 Å². The zero-order chi connectivity index (χ0) is 9.46. The minimum absolute atomic E-state index is 0.135. The Kier molecular flexibility index (Phi) is 1.94. The van der Waals surface area contributed by atoms with E-state index in [0.717, 1.165) is 0 Å². The van der Waals surface area contributed by atoms with Crippen LogP contribution in [0.4, 0.5) is 0 Å². The zero-order valence-corrected chi connectivity index (χ0v) is 6.75. The number of rotatable bonds is 0. The second-order valence-corrected chi connectivity index (χ2v) is 2.71. The van der Waals surface area contributed by atoms with Crippen molar-refractivity contribution < 1.29 is 19.5 Å². The summed E-state index contributed by atoms with van der Waals surface area (Å²) in [4.78, 5) is 32.8. The van der Waals surface area contributed by atoms with Crippen LogP contribution >= 0.6 is 0 Å². The first-order valence-electron chi connectivity index (χ1n) is 3.45. The van der Waals surface area contributed by atoms with Crippen LogP contribution in [-0.2, 0) is 14.4 Å². The topological polar surface area (TPSA) is 71.4 Å². The summed E-state index contributed by atoms with van der Waals surface area (Å²) >= 11 is 0. The minimum atomic E-state index is -1.78. The van der Waals surface area contributed by atoms with Crippen molar-refractivity contribution in [2.75, 3.05) is 0 Å². The highest BCUT2D eigenvalue weighted by molar-refractivity contribution is 6.51. The van der Waals surface area contributed by atoms with Gasteiger partial charge in [0.25, 0.3) is 0 Å². The van der Waals surface area contributed by atoms with Gasteiger partial charge in [-0.05, 0) is 13.8 Å². The maximum absolute atomic E-state index is 11.0. The molecule has 4 heteroatoms. The van der Waals surface area contributed by atoms with Crippen LogP contribution in [0.25, 0.3) is 0 Å². The van der Waals surface area contributed by atoms with Gasteiger partial charge in [-0.3, -0.25) is 14.4 Å². The third kappa shape index (κ3) is 1.00. The number of Topliss-reactive ketones (excluding diaryl/α,β-unsaturated/α-hetero) is 3. The van der Waals surface area contributed by atoms with Crippen LogP contribution in [0, 0.1) is 0 Å². The van der Waals surface area contributed by atoms with Crippen molar-refractivity contribution >= 4 is 17.3 Å². The van der Waals surface area contributed by atoms with Gasteiger partial charge in [-0.2, -0.15) is 0 Å². The van der Waals surface area contributed by atoms with Crippen LogP contribution in [-0.4, -0.2) is 28.6 Å². The van der Waals surface area contributed by atoms with Gasteiger partial charge >= 0.3 is 0 Å². The number of aliphatic hydroxyl groups excluding tert-OH is 1. The van der Waals surface area contributed by atoms with Gasteiger partial charge in [0.15, 0.2) is 11.9 Å². The van der Waals surface area contributed by atoms with Crippen LogP contribution in [0.1, 0.15) is 13.8 Å². The van der Waals surface area contributed by atoms with Crippen molar-refractivity contribution in [3.63, 3.8) is 0 Å². The average Bonchev–Trinajstić information content (AvgIpc) is 2.08. The first-order chi connectivity index (χ1) is 5.46. The average molecular weight is 168 g/mol. The highest BCUT2D eigenvalue weighted by Crippen LogP contribution is 2.15. The zero-order valence-electron chi connectivity index (χ0n) is 6.75.